The predicted molar refractivity (Wildman–Crippen MR) is 119 cm³/mol. The quantitative estimate of drug-likeness (QED) is 0.650. The summed E-state index contributed by atoms with van der Waals surface area (Å²) < 4.78 is 0. The summed E-state index contributed by atoms with van der Waals surface area (Å²) in [6.07, 6.45) is 4.41. The molecule has 0 saturated carbocycles. The molecule has 1 fully saturated rings. The molecule has 0 aliphatic carbocycles. The van der Waals surface area contributed by atoms with Crippen molar-refractivity contribution in [2.45, 2.75) is 45.4 Å². The summed E-state index contributed by atoms with van der Waals surface area (Å²) in [4.78, 5) is 40.7. The van der Waals surface area contributed by atoms with E-state index in [1.165, 1.54) is 0 Å². The molecule has 2 N–H and O–H groups in total. The van der Waals surface area contributed by atoms with Gasteiger partial charge in [-0.15, -0.1) is 0 Å². The Bertz CT molecular complexity index is 1140. The molecule has 164 valence electrons. The number of fused-ring (bicyclic) bond motifs is 1. The topological polar surface area (TPSA) is 111 Å². The number of hydrogen-bond acceptors (Lipinski definition) is 6. The van der Waals surface area contributed by atoms with Gasteiger partial charge in [-0.25, -0.2) is 9.97 Å². The van der Waals surface area contributed by atoms with Gasteiger partial charge in [0.25, 0.3) is 5.56 Å². The molecule has 0 radical (unpaired) electrons. The third-order valence-corrected chi connectivity index (χ3v) is 6.16. The average Bonchev–Trinajstić information content (AvgIpc) is 3.08. The Morgan fingerprint density at radius 1 is 1.26 bits per heavy atom. The first-order valence-electron chi connectivity index (χ1n) is 10.7. The zero-order chi connectivity index (χ0) is 22.1. The number of aryl methyl sites for hydroxylation is 2. The summed E-state index contributed by atoms with van der Waals surface area (Å²) >= 11 is 0. The van der Waals surface area contributed by atoms with Gasteiger partial charge in [0.15, 0.2) is 0 Å². The van der Waals surface area contributed by atoms with E-state index in [1.807, 2.05) is 43.8 Å². The fraction of sp³-hybridized carbons (Fsp3) is 0.500. The lowest BCUT2D eigenvalue weighted by Crippen LogP contribution is -2.38. The van der Waals surface area contributed by atoms with Crippen molar-refractivity contribution in [2.75, 3.05) is 32.1 Å². The number of piperidine rings is 1. The molecule has 9 nitrogen and oxygen atoms in total. The van der Waals surface area contributed by atoms with E-state index in [1.54, 1.807) is 6.20 Å². The molecule has 9 heteroatoms. The standard InChI is InChI=1S/C22H29N7O2/c1-13-16(14(2)27-26-13)5-6-20(30)29-9-7-15(8-10-29)18-11-19-17(21(31)24-18)12-23-22(25-19)28(3)4/h11-12,15H,5-10H2,1-4H3,(H,24,31)(H,26,27). The SMILES string of the molecule is Cc1n[nH]c(C)c1CCC(=O)N1CCC(c2cc3nc(N(C)C)ncc3c(=O)[nH]2)CC1. The van der Waals surface area contributed by atoms with Crippen molar-refractivity contribution in [1.82, 2.24) is 30.0 Å². The van der Waals surface area contributed by atoms with E-state index in [9.17, 15) is 9.59 Å². The summed E-state index contributed by atoms with van der Waals surface area (Å²) in [6.45, 7) is 5.34. The van der Waals surface area contributed by atoms with E-state index in [-0.39, 0.29) is 17.4 Å². The van der Waals surface area contributed by atoms with E-state index in [0.717, 1.165) is 35.5 Å². The predicted octanol–water partition coefficient (Wildman–Crippen LogP) is 2.06. The van der Waals surface area contributed by atoms with E-state index in [4.69, 9.17) is 0 Å². The van der Waals surface area contributed by atoms with Crippen LogP contribution in [0.1, 0.15) is 47.8 Å². The normalized spacial score (nSPS) is 14.9. The van der Waals surface area contributed by atoms with Crippen LogP contribution in [0.2, 0.25) is 0 Å². The summed E-state index contributed by atoms with van der Waals surface area (Å²) in [6, 6.07) is 1.96. The highest BCUT2D eigenvalue weighted by molar-refractivity contribution is 5.78. The van der Waals surface area contributed by atoms with Gasteiger partial charge in [-0.2, -0.15) is 5.10 Å². The first-order valence-corrected chi connectivity index (χ1v) is 10.7. The van der Waals surface area contributed by atoms with Crippen LogP contribution in [0, 0.1) is 13.8 Å². The van der Waals surface area contributed by atoms with Gasteiger partial charge in [0, 0.05) is 57.1 Å². The number of anilines is 1. The molecule has 0 aromatic carbocycles. The zero-order valence-electron chi connectivity index (χ0n) is 18.5. The van der Waals surface area contributed by atoms with Crippen LogP contribution in [-0.2, 0) is 11.2 Å². The second-order valence-corrected chi connectivity index (χ2v) is 8.48. The lowest BCUT2D eigenvalue weighted by atomic mass is 9.92. The fourth-order valence-corrected chi connectivity index (χ4v) is 4.26. The molecular weight excluding hydrogens is 394 g/mol. The van der Waals surface area contributed by atoms with E-state index in [0.29, 0.717) is 42.8 Å². The molecule has 1 amide bonds. The minimum absolute atomic E-state index is 0.165. The van der Waals surface area contributed by atoms with Gasteiger partial charge in [-0.1, -0.05) is 0 Å². The Morgan fingerprint density at radius 2 is 2.00 bits per heavy atom. The van der Waals surface area contributed by atoms with E-state index in [2.05, 4.69) is 25.1 Å². The number of carbonyl (C=O) groups excluding carboxylic acids is 1. The van der Waals surface area contributed by atoms with Gasteiger partial charge >= 0.3 is 0 Å². The van der Waals surface area contributed by atoms with Crippen molar-refractivity contribution in [2.24, 2.45) is 0 Å². The van der Waals surface area contributed by atoms with Gasteiger partial charge in [0.2, 0.25) is 11.9 Å². The van der Waals surface area contributed by atoms with Crippen LogP contribution in [0.15, 0.2) is 17.1 Å². The number of likely N-dealkylation sites (tertiary alicyclic amines) is 1. The van der Waals surface area contributed by atoms with Crippen molar-refractivity contribution in [3.8, 4) is 0 Å². The minimum Gasteiger partial charge on any atom is -0.347 e. The maximum absolute atomic E-state index is 12.7. The molecule has 31 heavy (non-hydrogen) atoms. The van der Waals surface area contributed by atoms with Crippen LogP contribution in [0.25, 0.3) is 10.9 Å². The molecule has 4 rings (SSSR count). The number of nitrogens with zero attached hydrogens (tertiary/aromatic N) is 5. The van der Waals surface area contributed by atoms with Gasteiger partial charge < -0.3 is 14.8 Å². The molecule has 0 bridgehead atoms. The monoisotopic (exact) mass is 423 g/mol. The van der Waals surface area contributed by atoms with Crippen molar-refractivity contribution in [3.63, 3.8) is 0 Å². The number of aromatic nitrogens is 5. The maximum Gasteiger partial charge on any atom is 0.259 e. The number of aromatic amines is 2. The second-order valence-electron chi connectivity index (χ2n) is 8.48. The Labute approximate surface area is 180 Å². The summed E-state index contributed by atoms with van der Waals surface area (Å²) in [7, 11) is 3.74. The fourth-order valence-electron chi connectivity index (χ4n) is 4.26. The maximum atomic E-state index is 12.7. The second kappa shape index (κ2) is 8.49. The minimum atomic E-state index is -0.165. The number of hydrogen-bond donors (Lipinski definition) is 2. The number of carbonyl (C=O) groups is 1. The largest absolute Gasteiger partial charge is 0.347 e. The molecule has 3 aromatic heterocycles. The van der Waals surface area contributed by atoms with Crippen LogP contribution in [0.5, 0.6) is 0 Å². The highest BCUT2D eigenvalue weighted by atomic mass is 16.2. The van der Waals surface area contributed by atoms with Crippen molar-refractivity contribution in [1.29, 1.82) is 0 Å². The van der Waals surface area contributed by atoms with Crippen molar-refractivity contribution in [3.05, 3.63) is 45.3 Å². The summed E-state index contributed by atoms with van der Waals surface area (Å²) in [5.41, 5.74) is 4.51. The third kappa shape index (κ3) is 4.30. The number of pyridine rings is 1. The Hall–Kier alpha value is -3.23. The van der Waals surface area contributed by atoms with Gasteiger partial charge in [-0.05, 0) is 44.7 Å². The Morgan fingerprint density at radius 3 is 2.65 bits per heavy atom. The van der Waals surface area contributed by atoms with Crippen LogP contribution >= 0.6 is 0 Å². The Balaban J connectivity index is 1.41. The highest BCUT2D eigenvalue weighted by Crippen LogP contribution is 2.28. The van der Waals surface area contributed by atoms with Crippen LogP contribution in [0.3, 0.4) is 0 Å². The van der Waals surface area contributed by atoms with Crippen molar-refractivity contribution < 1.29 is 4.79 Å². The van der Waals surface area contributed by atoms with Gasteiger partial charge in [-0.3, -0.25) is 14.7 Å². The number of H-pyrrole nitrogens is 2. The first kappa shape index (κ1) is 21.0. The molecule has 0 atom stereocenters. The molecule has 4 heterocycles. The van der Waals surface area contributed by atoms with Crippen molar-refractivity contribution >= 4 is 22.8 Å². The van der Waals surface area contributed by atoms with Gasteiger partial charge in [0.1, 0.15) is 0 Å². The highest BCUT2D eigenvalue weighted by Gasteiger charge is 2.25. The third-order valence-electron chi connectivity index (χ3n) is 6.16. The number of amides is 1. The molecular formula is C22H29N7O2. The molecule has 1 aliphatic heterocycles. The molecule has 1 aliphatic rings. The van der Waals surface area contributed by atoms with E-state index >= 15 is 0 Å². The van der Waals surface area contributed by atoms with Crippen LogP contribution in [-0.4, -0.2) is 63.1 Å². The van der Waals surface area contributed by atoms with Crippen LogP contribution < -0.4 is 10.5 Å². The lowest BCUT2D eigenvalue weighted by molar-refractivity contribution is -0.132. The average molecular weight is 424 g/mol. The molecule has 1 saturated heterocycles. The molecule has 3 aromatic rings. The first-order chi connectivity index (χ1) is 14.8. The van der Waals surface area contributed by atoms with Gasteiger partial charge in [0.05, 0.1) is 16.6 Å². The van der Waals surface area contributed by atoms with Crippen LogP contribution in [0.4, 0.5) is 5.95 Å². The summed E-state index contributed by atoms with van der Waals surface area (Å²) in [5.74, 6) is 0.957. The zero-order valence-corrected chi connectivity index (χ0v) is 18.5. The van der Waals surface area contributed by atoms with E-state index < -0.39 is 0 Å². The number of nitrogens with one attached hydrogen (secondary N) is 2. The molecule has 0 spiro atoms. The summed E-state index contributed by atoms with van der Waals surface area (Å²) in [5, 5.41) is 7.67. The lowest BCUT2D eigenvalue weighted by Gasteiger charge is -2.32. The molecule has 0 unspecified atom stereocenters. The Kier molecular flexibility index (Phi) is 5.75. The smallest absolute Gasteiger partial charge is 0.259 e. The number of rotatable bonds is 5.